The molecule has 0 radical (unpaired) electrons. The third-order valence-electron chi connectivity index (χ3n) is 4.04. The van der Waals surface area contributed by atoms with Crippen LogP contribution in [0.15, 0.2) is 18.2 Å². The zero-order valence-electron chi connectivity index (χ0n) is 13.1. The third kappa shape index (κ3) is 6.26. The molecule has 2 rings (SSSR count). The van der Waals surface area contributed by atoms with Crippen molar-refractivity contribution in [2.75, 3.05) is 19.6 Å². The van der Waals surface area contributed by atoms with Crippen molar-refractivity contribution < 1.29 is 9.18 Å². The number of carbonyl (C=O) groups excluding carboxylic acids is 1. The lowest BCUT2D eigenvalue weighted by molar-refractivity contribution is -0.121. The highest BCUT2D eigenvalue weighted by molar-refractivity contribution is 6.30. The van der Waals surface area contributed by atoms with Crippen molar-refractivity contribution >= 4 is 29.9 Å². The predicted octanol–water partition coefficient (Wildman–Crippen LogP) is 2.72. The summed E-state index contributed by atoms with van der Waals surface area (Å²) >= 11 is 5.79. The molecule has 1 heterocycles. The smallest absolute Gasteiger partial charge is 0.221 e. The van der Waals surface area contributed by atoms with Crippen molar-refractivity contribution in [2.24, 2.45) is 5.73 Å². The van der Waals surface area contributed by atoms with Crippen LogP contribution in [0.4, 0.5) is 4.39 Å². The van der Waals surface area contributed by atoms with Crippen LogP contribution in [-0.2, 0) is 11.3 Å². The normalized spacial score (nSPS) is 18.3. The fourth-order valence-electron chi connectivity index (χ4n) is 2.82. The lowest BCUT2D eigenvalue weighted by Crippen LogP contribution is -2.46. The lowest BCUT2D eigenvalue weighted by Gasteiger charge is -2.36. The number of hydrogen-bond donors (Lipinski definition) is 2. The molecule has 1 saturated heterocycles. The van der Waals surface area contributed by atoms with E-state index in [1.54, 1.807) is 12.1 Å². The van der Waals surface area contributed by atoms with Crippen molar-refractivity contribution in [1.82, 2.24) is 10.2 Å². The van der Waals surface area contributed by atoms with Crippen LogP contribution in [0.2, 0.25) is 5.02 Å². The van der Waals surface area contributed by atoms with Gasteiger partial charge in [-0.05, 0) is 31.5 Å². The largest absolute Gasteiger partial charge is 0.354 e. The maximum Gasteiger partial charge on any atom is 0.221 e. The Labute approximate surface area is 148 Å². The fraction of sp³-hybridized carbons (Fsp3) is 0.562. The van der Waals surface area contributed by atoms with Gasteiger partial charge in [0.05, 0.1) is 0 Å². The van der Waals surface area contributed by atoms with Crippen LogP contribution in [0.25, 0.3) is 0 Å². The van der Waals surface area contributed by atoms with Gasteiger partial charge in [0.1, 0.15) is 5.82 Å². The Kier molecular flexibility index (Phi) is 8.84. The molecule has 1 aliphatic rings. The highest BCUT2D eigenvalue weighted by Crippen LogP contribution is 2.22. The van der Waals surface area contributed by atoms with Crippen LogP contribution in [0.3, 0.4) is 0 Å². The molecule has 1 aromatic carbocycles. The van der Waals surface area contributed by atoms with Crippen LogP contribution in [-0.4, -0.2) is 36.5 Å². The first-order valence-electron chi connectivity index (χ1n) is 7.75. The maximum atomic E-state index is 14.0. The fourth-order valence-corrected chi connectivity index (χ4v) is 2.98. The van der Waals surface area contributed by atoms with Gasteiger partial charge in [0, 0.05) is 42.7 Å². The minimum absolute atomic E-state index is 0. The van der Waals surface area contributed by atoms with Crippen LogP contribution in [0.5, 0.6) is 0 Å². The number of hydrogen-bond acceptors (Lipinski definition) is 3. The van der Waals surface area contributed by atoms with Gasteiger partial charge in [0.2, 0.25) is 5.91 Å². The van der Waals surface area contributed by atoms with E-state index in [2.05, 4.69) is 10.2 Å². The highest BCUT2D eigenvalue weighted by Gasteiger charge is 2.23. The van der Waals surface area contributed by atoms with E-state index in [4.69, 9.17) is 17.3 Å². The van der Waals surface area contributed by atoms with Gasteiger partial charge in [0.25, 0.3) is 0 Å². The molecular weight excluding hydrogens is 340 g/mol. The Morgan fingerprint density at radius 1 is 1.43 bits per heavy atom. The minimum Gasteiger partial charge on any atom is -0.354 e. The minimum atomic E-state index is -0.274. The molecule has 1 aliphatic heterocycles. The molecule has 0 aromatic heterocycles. The lowest BCUT2D eigenvalue weighted by atomic mass is 10.0. The predicted molar refractivity (Wildman–Crippen MR) is 93.4 cm³/mol. The number of benzene rings is 1. The van der Waals surface area contributed by atoms with Crippen molar-refractivity contribution in [3.8, 4) is 0 Å². The van der Waals surface area contributed by atoms with E-state index in [-0.39, 0.29) is 30.2 Å². The first-order chi connectivity index (χ1) is 10.6. The van der Waals surface area contributed by atoms with Crippen LogP contribution < -0.4 is 11.1 Å². The monoisotopic (exact) mass is 363 g/mol. The van der Waals surface area contributed by atoms with E-state index >= 15 is 0 Å². The topological polar surface area (TPSA) is 58.4 Å². The van der Waals surface area contributed by atoms with Crippen LogP contribution >= 0.6 is 24.0 Å². The number of piperidine rings is 1. The molecule has 1 aromatic rings. The van der Waals surface area contributed by atoms with Gasteiger partial charge in [-0.2, -0.15) is 0 Å². The molecule has 0 spiro atoms. The number of carbonyl (C=O) groups is 1. The zero-order chi connectivity index (χ0) is 15.9. The number of rotatable bonds is 6. The molecule has 0 aliphatic carbocycles. The van der Waals surface area contributed by atoms with E-state index in [0.29, 0.717) is 36.6 Å². The SMILES string of the molecule is Cl.NCCC(=O)NCC1CCCCN1Cc1ccc(Cl)cc1F. The Morgan fingerprint density at radius 3 is 2.91 bits per heavy atom. The molecule has 1 fully saturated rings. The summed E-state index contributed by atoms with van der Waals surface area (Å²) in [5.41, 5.74) is 6.02. The van der Waals surface area contributed by atoms with Gasteiger partial charge in [-0.15, -0.1) is 12.4 Å². The Balaban J connectivity index is 0.00000264. The van der Waals surface area contributed by atoms with Crippen molar-refractivity contribution in [3.63, 3.8) is 0 Å². The van der Waals surface area contributed by atoms with E-state index in [1.807, 2.05) is 0 Å². The first-order valence-corrected chi connectivity index (χ1v) is 8.12. The van der Waals surface area contributed by atoms with E-state index < -0.39 is 0 Å². The molecule has 3 N–H and O–H groups in total. The van der Waals surface area contributed by atoms with Crippen LogP contribution in [0.1, 0.15) is 31.2 Å². The van der Waals surface area contributed by atoms with Crippen molar-refractivity contribution in [1.29, 1.82) is 0 Å². The summed E-state index contributed by atoms with van der Waals surface area (Å²) in [6, 6.07) is 5.03. The summed E-state index contributed by atoms with van der Waals surface area (Å²) < 4.78 is 14.0. The van der Waals surface area contributed by atoms with E-state index in [9.17, 15) is 9.18 Å². The second kappa shape index (κ2) is 10.1. The summed E-state index contributed by atoms with van der Waals surface area (Å²) in [6.07, 6.45) is 3.59. The van der Waals surface area contributed by atoms with Gasteiger partial charge in [-0.25, -0.2) is 4.39 Å². The number of halogens is 3. The maximum absolute atomic E-state index is 14.0. The van der Waals surface area contributed by atoms with Gasteiger partial charge in [-0.1, -0.05) is 24.1 Å². The number of nitrogens with two attached hydrogens (primary N) is 1. The average Bonchev–Trinajstić information content (AvgIpc) is 2.49. The summed E-state index contributed by atoms with van der Waals surface area (Å²) in [7, 11) is 0. The Hall–Kier alpha value is -0.880. The Bertz CT molecular complexity index is 516. The summed E-state index contributed by atoms with van der Waals surface area (Å²) in [4.78, 5) is 13.8. The number of nitrogens with one attached hydrogen (secondary N) is 1. The molecule has 0 bridgehead atoms. The zero-order valence-corrected chi connectivity index (χ0v) is 14.6. The summed E-state index contributed by atoms with van der Waals surface area (Å²) in [6.45, 7) is 2.41. The van der Waals surface area contributed by atoms with Gasteiger partial charge < -0.3 is 11.1 Å². The molecular formula is C16H24Cl2FN3O. The van der Waals surface area contributed by atoms with Crippen LogP contribution in [0, 0.1) is 5.82 Å². The highest BCUT2D eigenvalue weighted by atomic mass is 35.5. The Morgan fingerprint density at radius 2 is 2.22 bits per heavy atom. The van der Waals surface area contributed by atoms with Gasteiger partial charge in [0.15, 0.2) is 0 Å². The molecule has 4 nitrogen and oxygen atoms in total. The van der Waals surface area contributed by atoms with E-state index in [0.717, 1.165) is 25.8 Å². The molecule has 0 saturated carbocycles. The summed E-state index contributed by atoms with van der Waals surface area (Å²) in [5.74, 6) is -0.297. The standard InChI is InChI=1S/C16H23ClFN3O.ClH/c17-13-5-4-12(15(18)9-13)11-21-8-2-1-3-14(21)10-20-16(22)6-7-19;/h4-5,9,14H,1-3,6-8,10-11,19H2,(H,20,22);1H. The van der Waals surface area contributed by atoms with Gasteiger partial charge in [-0.3, -0.25) is 9.69 Å². The number of likely N-dealkylation sites (tertiary alicyclic amines) is 1. The van der Waals surface area contributed by atoms with E-state index in [1.165, 1.54) is 6.07 Å². The molecule has 7 heteroatoms. The molecule has 1 atom stereocenters. The number of amides is 1. The van der Waals surface area contributed by atoms with Crippen molar-refractivity contribution in [3.05, 3.63) is 34.6 Å². The molecule has 1 amide bonds. The first kappa shape index (κ1) is 20.2. The molecule has 130 valence electrons. The summed E-state index contributed by atoms with van der Waals surface area (Å²) in [5, 5.41) is 3.33. The second-order valence-electron chi connectivity index (χ2n) is 5.70. The quantitative estimate of drug-likeness (QED) is 0.816. The second-order valence-corrected chi connectivity index (χ2v) is 6.14. The third-order valence-corrected chi connectivity index (χ3v) is 4.28. The molecule has 1 unspecified atom stereocenters. The molecule has 23 heavy (non-hydrogen) atoms. The number of nitrogens with zero attached hydrogens (tertiary/aromatic N) is 1. The van der Waals surface area contributed by atoms with Crippen molar-refractivity contribution in [2.45, 2.75) is 38.3 Å². The van der Waals surface area contributed by atoms with Gasteiger partial charge >= 0.3 is 0 Å². The average molecular weight is 364 g/mol.